The number of piperidine rings is 1. The number of hydrogen-bond donors (Lipinski definition) is 2. The Morgan fingerprint density at radius 1 is 1.33 bits per heavy atom. The number of anilines is 1. The molecule has 18 heavy (non-hydrogen) atoms. The highest BCUT2D eigenvalue weighted by atomic mass is 16.5. The predicted molar refractivity (Wildman–Crippen MR) is 71.2 cm³/mol. The highest BCUT2D eigenvalue weighted by Crippen LogP contribution is 2.21. The van der Waals surface area contributed by atoms with Gasteiger partial charge in [0.15, 0.2) is 5.84 Å². The fourth-order valence-electron chi connectivity index (χ4n) is 2.25. The number of methoxy groups -OCH3 is 1. The van der Waals surface area contributed by atoms with Gasteiger partial charge in [-0.1, -0.05) is 5.16 Å². The van der Waals surface area contributed by atoms with Gasteiger partial charge in [-0.2, -0.15) is 0 Å². The quantitative estimate of drug-likeness (QED) is 0.367. The number of rotatable bonds is 3. The van der Waals surface area contributed by atoms with Gasteiger partial charge in [-0.25, -0.2) is 0 Å². The zero-order chi connectivity index (χ0) is 13.0. The molecule has 0 aromatic heterocycles. The molecule has 0 bridgehead atoms. The Bertz CT molecular complexity index is 409. The summed E-state index contributed by atoms with van der Waals surface area (Å²) >= 11 is 0. The fraction of sp³-hybridized carbons (Fsp3) is 0.462. The first kappa shape index (κ1) is 12.7. The van der Waals surface area contributed by atoms with E-state index in [9.17, 15) is 0 Å². The lowest BCUT2D eigenvalue weighted by atomic mass is 10.1. The maximum Gasteiger partial charge on any atom is 0.170 e. The molecular formula is C13H19N3O2. The molecule has 3 N–H and O–H groups in total. The van der Waals surface area contributed by atoms with Crippen molar-refractivity contribution in [2.24, 2.45) is 10.9 Å². The molecule has 5 nitrogen and oxygen atoms in total. The van der Waals surface area contributed by atoms with Gasteiger partial charge in [0, 0.05) is 31.5 Å². The summed E-state index contributed by atoms with van der Waals surface area (Å²) < 4.78 is 5.35. The number of ether oxygens (including phenoxy) is 1. The maximum absolute atomic E-state index is 8.60. The Morgan fingerprint density at radius 2 is 1.94 bits per heavy atom. The molecule has 1 saturated heterocycles. The van der Waals surface area contributed by atoms with Crippen molar-refractivity contribution in [2.75, 3.05) is 25.1 Å². The van der Waals surface area contributed by atoms with Gasteiger partial charge in [0.05, 0.1) is 6.10 Å². The molecule has 1 aromatic carbocycles. The van der Waals surface area contributed by atoms with Gasteiger partial charge in [-0.05, 0) is 37.1 Å². The Labute approximate surface area is 107 Å². The summed E-state index contributed by atoms with van der Waals surface area (Å²) in [4.78, 5) is 2.32. The summed E-state index contributed by atoms with van der Waals surface area (Å²) in [5.74, 6) is 0.139. The van der Waals surface area contributed by atoms with Crippen molar-refractivity contribution in [3.05, 3.63) is 29.8 Å². The van der Waals surface area contributed by atoms with Gasteiger partial charge in [-0.15, -0.1) is 0 Å². The SMILES string of the molecule is COC1CCN(c2ccc(/C(N)=N/O)cc2)CC1. The minimum Gasteiger partial charge on any atom is -0.409 e. The monoisotopic (exact) mass is 249 g/mol. The lowest BCUT2D eigenvalue weighted by molar-refractivity contribution is 0.0819. The molecule has 1 aliphatic heterocycles. The van der Waals surface area contributed by atoms with Crippen LogP contribution < -0.4 is 10.6 Å². The summed E-state index contributed by atoms with van der Waals surface area (Å²) in [6.45, 7) is 2.00. The first-order chi connectivity index (χ1) is 8.74. The molecule has 0 amide bonds. The van der Waals surface area contributed by atoms with Gasteiger partial charge in [0.1, 0.15) is 0 Å². The zero-order valence-electron chi connectivity index (χ0n) is 10.5. The molecule has 0 aliphatic carbocycles. The average Bonchev–Trinajstić information content (AvgIpc) is 2.47. The van der Waals surface area contributed by atoms with Gasteiger partial charge in [-0.3, -0.25) is 0 Å². The first-order valence-corrected chi connectivity index (χ1v) is 6.10. The molecule has 98 valence electrons. The summed E-state index contributed by atoms with van der Waals surface area (Å²) in [5.41, 5.74) is 7.42. The smallest absolute Gasteiger partial charge is 0.170 e. The van der Waals surface area contributed by atoms with E-state index in [2.05, 4.69) is 10.1 Å². The minimum absolute atomic E-state index is 0.139. The second kappa shape index (κ2) is 5.73. The lowest BCUT2D eigenvalue weighted by Crippen LogP contribution is -2.36. The summed E-state index contributed by atoms with van der Waals surface area (Å²) in [6.07, 6.45) is 2.49. The van der Waals surface area contributed by atoms with Crippen LogP contribution in [-0.2, 0) is 4.74 Å². The Hall–Kier alpha value is -1.75. The zero-order valence-corrected chi connectivity index (χ0v) is 10.5. The molecule has 0 atom stereocenters. The number of benzene rings is 1. The highest BCUT2D eigenvalue weighted by Gasteiger charge is 2.18. The molecule has 2 rings (SSSR count). The van der Waals surface area contributed by atoms with Crippen LogP contribution in [0.1, 0.15) is 18.4 Å². The normalized spacial score (nSPS) is 18.1. The summed E-state index contributed by atoms with van der Waals surface area (Å²) in [7, 11) is 1.77. The van der Waals surface area contributed by atoms with E-state index < -0.39 is 0 Å². The second-order valence-electron chi connectivity index (χ2n) is 4.45. The molecule has 0 spiro atoms. The molecule has 0 saturated carbocycles. The number of hydrogen-bond acceptors (Lipinski definition) is 4. The number of oxime groups is 1. The first-order valence-electron chi connectivity index (χ1n) is 6.10. The molecule has 1 heterocycles. The van der Waals surface area contributed by atoms with Crippen molar-refractivity contribution in [1.82, 2.24) is 0 Å². The van der Waals surface area contributed by atoms with E-state index in [0.717, 1.165) is 31.5 Å². The van der Waals surface area contributed by atoms with Crippen LogP contribution in [0.4, 0.5) is 5.69 Å². The maximum atomic E-state index is 8.60. The van der Waals surface area contributed by atoms with E-state index >= 15 is 0 Å². The van der Waals surface area contributed by atoms with Crippen LogP contribution in [0.5, 0.6) is 0 Å². The van der Waals surface area contributed by atoms with Gasteiger partial charge in [0.25, 0.3) is 0 Å². The molecule has 5 heteroatoms. The van der Waals surface area contributed by atoms with Crippen LogP contribution >= 0.6 is 0 Å². The van der Waals surface area contributed by atoms with Crippen molar-refractivity contribution in [2.45, 2.75) is 18.9 Å². The second-order valence-corrected chi connectivity index (χ2v) is 4.45. The Kier molecular flexibility index (Phi) is 4.04. The molecule has 1 fully saturated rings. The van der Waals surface area contributed by atoms with Gasteiger partial charge >= 0.3 is 0 Å². The molecule has 1 aliphatic rings. The predicted octanol–water partition coefficient (Wildman–Crippen LogP) is 1.40. The summed E-state index contributed by atoms with van der Waals surface area (Å²) in [6, 6.07) is 7.74. The van der Waals surface area contributed by atoms with Crippen molar-refractivity contribution in [3.8, 4) is 0 Å². The van der Waals surface area contributed by atoms with E-state index in [-0.39, 0.29) is 5.84 Å². The van der Waals surface area contributed by atoms with E-state index in [1.807, 2.05) is 24.3 Å². The van der Waals surface area contributed by atoms with Crippen molar-refractivity contribution in [1.29, 1.82) is 0 Å². The standard InChI is InChI=1S/C13H19N3O2/c1-18-12-6-8-16(9-7-12)11-4-2-10(3-5-11)13(14)15-17/h2-5,12,17H,6-9H2,1H3,(H2,14,15). The Morgan fingerprint density at radius 3 is 2.44 bits per heavy atom. The third kappa shape index (κ3) is 2.73. The third-order valence-electron chi connectivity index (χ3n) is 3.41. The van der Waals surface area contributed by atoms with E-state index in [4.69, 9.17) is 15.7 Å². The van der Waals surface area contributed by atoms with Crippen molar-refractivity contribution >= 4 is 11.5 Å². The molecule has 1 aromatic rings. The van der Waals surface area contributed by atoms with Crippen molar-refractivity contribution in [3.63, 3.8) is 0 Å². The minimum atomic E-state index is 0.139. The van der Waals surface area contributed by atoms with E-state index in [1.54, 1.807) is 7.11 Å². The molecule has 0 radical (unpaired) electrons. The van der Waals surface area contributed by atoms with Gasteiger partial charge < -0.3 is 20.6 Å². The number of nitrogens with zero attached hydrogens (tertiary/aromatic N) is 2. The fourth-order valence-corrected chi connectivity index (χ4v) is 2.25. The van der Waals surface area contributed by atoms with Gasteiger partial charge in [0.2, 0.25) is 0 Å². The van der Waals surface area contributed by atoms with Crippen LogP contribution in [0.2, 0.25) is 0 Å². The van der Waals surface area contributed by atoms with E-state index in [0.29, 0.717) is 6.10 Å². The Balaban J connectivity index is 2.02. The third-order valence-corrected chi connectivity index (χ3v) is 3.41. The molecular weight excluding hydrogens is 230 g/mol. The summed E-state index contributed by atoms with van der Waals surface area (Å²) in [5, 5.41) is 11.6. The lowest BCUT2D eigenvalue weighted by Gasteiger charge is -2.33. The highest BCUT2D eigenvalue weighted by molar-refractivity contribution is 5.97. The largest absolute Gasteiger partial charge is 0.409 e. The topological polar surface area (TPSA) is 71.1 Å². The van der Waals surface area contributed by atoms with Crippen LogP contribution in [-0.4, -0.2) is 37.3 Å². The van der Waals surface area contributed by atoms with E-state index in [1.165, 1.54) is 5.69 Å². The van der Waals surface area contributed by atoms with Crippen molar-refractivity contribution < 1.29 is 9.94 Å². The average molecular weight is 249 g/mol. The van der Waals surface area contributed by atoms with Crippen LogP contribution in [0.3, 0.4) is 0 Å². The van der Waals surface area contributed by atoms with Crippen LogP contribution in [0.25, 0.3) is 0 Å². The van der Waals surface area contributed by atoms with Crippen LogP contribution in [0, 0.1) is 0 Å². The number of nitrogens with two attached hydrogens (primary N) is 1. The number of amidine groups is 1. The van der Waals surface area contributed by atoms with Crippen LogP contribution in [0.15, 0.2) is 29.4 Å². The molecule has 0 unspecified atom stereocenters.